The number of hydrogen-bond acceptors (Lipinski definition) is 3. The Bertz CT molecular complexity index is 467. The van der Waals surface area contributed by atoms with Crippen LogP contribution in [0.15, 0.2) is 16.6 Å². The number of nitriles is 1. The molecule has 1 saturated heterocycles. The highest BCUT2D eigenvalue weighted by Crippen LogP contribution is 2.28. The van der Waals surface area contributed by atoms with E-state index < -0.39 is 5.82 Å². The van der Waals surface area contributed by atoms with Crippen molar-refractivity contribution in [3.05, 3.63) is 28.0 Å². The molecule has 0 radical (unpaired) electrons. The standard InChI is InChI=1S/C13H14BrFN2O/c14-12-10(6-16)3-4-11(13(12)15)18-8-9-2-1-5-17-7-9/h3-4,9,17H,1-2,5,7-8H2. The Balaban J connectivity index is 2.01. The first-order valence-electron chi connectivity index (χ1n) is 5.94. The number of ether oxygens (including phenoxy) is 1. The quantitative estimate of drug-likeness (QED) is 0.933. The molecular formula is C13H14BrFN2O. The van der Waals surface area contributed by atoms with E-state index in [-0.39, 0.29) is 15.8 Å². The summed E-state index contributed by atoms with van der Waals surface area (Å²) in [6, 6.07) is 4.98. The van der Waals surface area contributed by atoms with E-state index in [9.17, 15) is 4.39 Å². The third-order valence-electron chi connectivity index (χ3n) is 3.04. The fourth-order valence-electron chi connectivity index (χ4n) is 2.00. The number of rotatable bonds is 3. The Morgan fingerprint density at radius 3 is 3.06 bits per heavy atom. The van der Waals surface area contributed by atoms with Crippen molar-refractivity contribution >= 4 is 15.9 Å². The molecular weight excluding hydrogens is 299 g/mol. The zero-order valence-electron chi connectivity index (χ0n) is 9.88. The van der Waals surface area contributed by atoms with Gasteiger partial charge in [0.1, 0.15) is 6.07 Å². The summed E-state index contributed by atoms with van der Waals surface area (Å²) in [7, 11) is 0. The van der Waals surface area contributed by atoms with Gasteiger partial charge in [-0.25, -0.2) is 4.39 Å². The number of hydrogen-bond donors (Lipinski definition) is 1. The second-order valence-corrected chi connectivity index (χ2v) is 5.17. The molecule has 0 aliphatic carbocycles. The number of halogens is 2. The van der Waals surface area contributed by atoms with Crippen LogP contribution in [0.25, 0.3) is 0 Å². The average molecular weight is 313 g/mol. The number of nitrogens with zero attached hydrogens (tertiary/aromatic N) is 1. The first-order chi connectivity index (χ1) is 8.72. The van der Waals surface area contributed by atoms with Gasteiger partial charge in [0.15, 0.2) is 11.6 Å². The van der Waals surface area contributed by atoms with E-state index in [4.69, 9.17) is 10.00 Å². The maximum atomic E-state index is 13.9. The van der Waals surface area contributed by atoms with Gasteiger partial charge in [0.2, 0.25) is 0 Å². The van der Waals surface area contributed by atoms with Crippen LogP contribution in [0.4, 0.5) is 4.39 Å². The van der Waals surface area contributed by atoms with Gasteiger partial charge in [-0.05, 0) is 47.4 Å². The lowest BCUT2D eigenvalue weighted by Gasteiger charge is -2.22. The summed E-state index contributed by atoms with van der Waals surface area (Å²) >= 11 is 3.07. The van der Waals surface area contributed by atoms with Gasteiger partial charge in [-0.1, -0.05) is 0 Å². The Hall–Kier alpha value is -1.12. The van der Waals surface area contributed by atoms with Crippen molar-refractivity contribution in [1.29, 1.82) is 5.26 Å². The molecule has 1 aliphatic rings. The van der Waals surface area contributed by atoms with Crippen molar-refractivity contribution in [2.75, 3.05) is 19.7 Å². The van der Waals surface area contributed by atoms with Crippen molar-refractivity contribution in [3.63, 3.8) is 0 Å². The minimum atomic E-state index is -0.502. The third kappa shape index (κ3) is 3.01. The van der Waals surface area contributed by atoms with Crippen molar-refractivity contribution in [3.8, 4) is 11.8 Å². The molecule has 1 unspecified atom stereocenters. The molecule has 0 bridgehead atoms. The lowest BCUT2D eigenvalue weighted by atomic mass is 10.0. The van der Waals surface area contributed by atoms with Gasteiger partial charge in [-0.3, -0.25) is 0 Å². The molecule has 2 rings (SSSR count). The lowest BCUT2D eigenvalue weighted by Crippen LogP contribution is -2.33. The van der Waals surface area contributed by atoms with E-state index in [1.807, 2.05) is 6.07 Å². The van der Waals surface area contributed by atoms with E-state index in [2.05, 4.69) is 21.2 Å². The molecule has 3 nitrogen and oxygen atoms in total. The minimum absolute atomic E-state index is 0.171. The Kier molecular flexibility index (Phi) is 4.56. The molecule has 1 heterocycles. The van der Waals surface area contributed by atoms with Gasteiger partial charge < -0.3 is 10.1 Å². The fourth-order valence-corrected chi connectivity index (χ4v) is 2.42. The molecule has 0 amide bonds. The highest BCUT2D eigenvalue weighted by atomic mass is 79.9. The zero-order chi connectivity index (χ0) is 13.0. The SMILES string of the molecule is N#Cc1ccc(OCC2CCCNC2)c(F)c1Br. The normalized spacial score (nSPS) is 19.3. The molecule has 96 valence electrons. The molecule has 1 aliphatic heterocycles. The van der Waals surface area contributed by atoms with E-state index in [1.165, 1.54) is 6.07 Å². The molecule has 5 heteroatoms. The predicted octanol–water partition coefficient (Wildman–Crippen LogP) is 2.84. The van der Waals surface area contributed by atoms with Gasteiger partial charge in [-0.15, -0.1) is 0 Å². The number of piperidine rings is 1. The minimum Gasteiger partial charge on any atom is -0.490 e. The zero-order valence-corrected chi connectivity index (χ0v) is 11.5. The molecule has 18 heavy (non-hydrogen) atoms. The summed E-state index contributed by atoms with van der Waals surface area (Å²) in [6.45, 7) is 2.47. The summed E-state index contributed by atoms with van der Waals surface area (Å²) < 4.78 is 19.5. The Morgan fingerprint density at radius 2 is 2.39 bits per heavy atom. The van der Waals surface area contributed by atoms with Gasteiger partial charge >= 0.3 is 0 Å². The van der Waals surface area contributed by atoms with E-state index in [1.54, 1.807) is 6.07 Å². The fraction of sp³-hybridized carbons (Fsp3) is 0.462. The molecule has 1 aromatic rings. The van der Waals surface area contributed by atoms with Gasteiger partial charge in [0.05, 0.1) is 16.6 Å². The van der Waals surface area contributed by atoms with Crippen LogP contribution in [0.2, 0.25) is 0 Å². The summed E-state index contributed by atoms with van der Waals surface area (Å²) in [6.07, 6.45) is 2.24. The van der Waals surface area contributed by atoms with Crippen LogP contribution in [0, 0.1) is 23.1 Å². The summed E-state index contributed by atoms with van der Waals surface area (Å²) in [5.74, 6) is 0.122. The molecule has 0 aromatic heterocycles. The predicted molar refractivity (Wildman–Crippen MR) is 69.9 cm³/mol. The van der Waals surface area contributed by atoms with Gasteiger partial charge in [-0.2, -0.15) is 5.26 Å². The lowest BCUT2D eigenvalue weighted by molar-refractivity contribution is 0.211. The highest BCUT2D eigenvalue weighted by Gasteiger charge is 2.16. The molecule has 0 saturated carbocycles. The molecule has 1 aromatic carbocycles. The largest absolute Gasteiger partial charge is 0.490 e. The van der Waals surface area contributed by atoms with E-state index >= 15 is 0 Å². The number of nitrogens with one attached hydrogen (secondary N) is 1. The summed E-state index contributed by atoms with van der Waals surface area (Å²) in [5, 5.41) is 12.1. The van der Waals surface area contributed by atoms with Crippen molar-refractivity contribution in [2.45, 2.75) is 12.8 Å². The highest BCUT2D eigenvalue weighted by molar-refractivity contribution is 9.10. The topological polar surface area (TPSA) is 45.0 Å². The van der Waals surface area contributed by atoms with Crippen LogP contribution in [0.5, 0.6) is 5.75 Å². The van der Waals surface area contributed by atoms with Gasteiger partial charge in [0, 0.05) is 12.5 Å². The molecule has 1 N–H and O–H groups in total. The smallest absolute Gasteiger partial charge is 0.180 e. The summed E-state index contributed by atoms with van der Waals surface area (Å²) in [5.41, 5.74) is 0.277. The monoisotopic (exact) mass is 312 g/mol. The number of benzene rings is 1. The third-order valence-corrected chi connectivity index (χ3v) is 3.82. The Morgan fingerprint density at radius 1 is 1.56 bits per heavy atom. The van der Waals surface area contributed by atoms with Crippen LogP contribution in [0.1, 0.15) is 18.4 Å². The second-order valence-electron chi connectivity index (χ2n) is 4.37. The molecule has 1 atom stereocenters. The first kappa shape index (κ1) is 13.3. The van der Waals surface area contributed by atoms with Crippen LogP contribution in [0.3, 0.4) is 0 Å². The Labute approximate surface area is 114 Å². The van der Waals surface area contributed by atoms with E-state index in [0.717, 1.165) is 25.9 Å². The second kappa shape index (κ2) is 6.17. The van der Waals surface area contributed by atoms with Crippen LogP contribution in [-0.4, -0.2) is 19.7 Å². The first-order valence-corrected chi connectivity index (χ1v) is 6.73. The molecule has 0 spiro atoms. The van der Waals surface area contributed by atoms with Crippen LogP contribution < -0.4 is 10.1 Å². The molecule has 1 fully saturated rings. The summed E-state index contributed by atoms with van der Waals surface area (Å²) in [4.78, 5) is 0. The van der Waals surface area contributed by atoms with Crippen molar-refractivity contribution in [2.24, 2.45) is 5.92 Å². The van der Waals surface area contributed by atoms with Crippen LogP contribution in [-0.2, 0) is 0 Å². The maximum Gasteiger partial charge on any atom is 0.180 e. The van der Waals surface area contributed by atoms with E-state index in [0.29, 0.717) is 12.5 Å². The van der Waals surface area contributed by atoms with Crippen molar-refractivity contribution in [1.82, 2.24) is 5.32 Å². The van der Waals surface area contributed by atoms with Crippen molar-refractivity contribution < 1.29 is 9.13 Å². The van der Waals surface area contributed by atoms with Gasteiger partial charge in [0.25, 0.3) is 0 Å². The average Bonchev–Trinajstić information content (AvgIpc) is 2.42. The maximum absolute atomic E-state index is 13.9. The van der Waals surface area contributed by atoms with Crippen LogP contribution >= 0.6 is 15.9 Å².